The normalized spacial score (nSPS) is 53.3. The molecule has 9 aliphatic rings. The molecule has 9 fully saturated rings. The second kappa shape index (κ2) is 14.3. The number of aliphatic hydroxyl groups is 1. The van der Waals surface area contributed by atoms with Crippen molar-refractivity contribution in [2.45, 2.75) is 208 Å². The Morgan fingerprint density at radius 1 is 0.792 bits per heavy atom. The molecule has 19 atom stereocenters. The molecule has 5 unspecified atom stereocenters. The molecule has 0 amide bonds. The van der Waals surface area contributed by atoms with Crippen molar-refractivity contribution in [3.63, 3.8) is 0 Å². The molecule has 1 spiro atoms. The van der Waals surface area contributed by atoms with Crippen LogP contribution in [0.2, 0.25) is 0 Å². The molecule has 0 aromatic rings. The highest BCUT2D eigenvalue weighted by atomic mass is 16.8. The maximum absolute atomic E-state index is 14.1. The van der Waals surface area contributed by atoms with Gasteiger partial charge in [0.15, 0.2) is 5.79 Å². The summed E-state index contributed by atoms with van der Waals surface area (Å²) in [4.78, 5) is 14.1. The maximum atomic E-state index is 14.1. The number of rotatable bonds is 3. The Bertz CT molecular complexity index is 1430. The lowest BCUT2D eigenvalue weighted by Crippen LogP contribution is -2.68. The fourth-order valence-corrected chi connectivity index (χ4v) is 11.8. The molecule has 0 aromatic carbocycles. The number of ether oxygens (including phenoxy) is 8. The highest BCUT2D eigenvalue weighted by Gasteiger charge is 2.68. The number of aliphatic hydroxyl groups excluding tert-OH is 1. The quantitative estimate of drug-likeness (QED) is 0.385. The lowest BCUT2D eigenvalue weighted by molar-refractivity contribution is -0.374. The summed E-state index contributed by atoms with van der Waals surface area (Å²) in [6.45, 7) is 15.7. The molecule has 0 radical (unpaired) electrons. The predicted octanol–water partition coefficient (Wildman–Crippen LogP) is 4.84. The van der Waals surface area contributed by atoms with E-state index in [2.05, 4.69) is 33.9 Å². The third kappa shape index (κ3) is 6.95. The van der Waals surface area contributed by atoms with Crippen LogP contribution in [0.1, 0.15) is 111 Å². The van der Waals surface area contributed by atoms with Crippen molar-refractivity contribution >= 4 is 5.78 Å². The first-order valence-corrected chi connectivity index (χ1v) is 21.0. The molecule has 9 heterocycles. The summed E-state index contributed by atoms with van der Waals surface area (Å²) in [7, 11) is 0. The Hall–Kier alpha value is -1.25. The summed E-state index contributed by atoms with van der Waals surface area (Å²) >= 11 is 0. The first kappa shape index (κ1) is 37.3. The SMILES string of the molecule is C=C1C2C[C@@H]3OC(CC(O)CN)[C@H](C)[C@H]3CC(=O)CC3CC[C@@H]4O[C@H]5CC6O[C@]7(CC[C@H]8CC(=C)[C@H](CC[C@@H](C[C@H]1C)O2)O8)C[C@@]6(C)O[C@H]5[C@@H](O7)[C@H]4O3. The minimum Gasteiger partial charge on any atom is -0.392 e. The lowest BCUT2D eigenvalue weighted by atomic mass is 9.78. The predicted molar refractivity (Wildman–Crippen MR) is 194 cm³/mol. The van der Waals surface area contributed by atoms with Gasteiger partial charge in [0.1, 0.15) is 24.1 Å². The van der Waals surface area contributed by atoms with E-state index in [0.29, 0.717) is 44.4 Å². The van der Waals surface area contributed by atoms with Crippen LogP contribution in [0.4, 0.5) is 0 Å². The third-order valence-electron chi connectivity index (χ3n) is 14.9. The Morgan fingerprint density at radius 2 is 1.58 bits per heavy atom. The Morgan fingerprint density at radius 3 is 2.42 bits per heavy atom. The van der Waals surface area contributed by atoms with Crippen LogP contribution in [0.3, 0.4) is 0 Å². The molecule has 9 aliphatic heterocycles. The fraction of sp³-hybridized carbons (Fsp3) is 0.881. The highest BCUT2D eigenvalue weighted by molar-refractivity contribution is 5.79. The van der Waals surface area contributed by atoms with Crippen LogP contribution in [-0.2, 0) is 42.7 Å². The monoisotopic (exact) mass is 741 g/mol. The maximum Gasteiger partial charge on any atom is 0.172 e. The van der Waals surface area contributed by atoms with Crippen LogP contribution in [0.25, 0.3) is 0 Å². The van der Waals surface area contributed by atoms with Crippen LogP contribution in [-0.4, -0.2) is 114 Å². The number of fused-ring (bicyclic) bond motifs is 6. The van der Waals surface area contributed by atoms with Crippen LogP contribution < -0.4 is 5.73 Å². The Balaban J connectivity index is 0.997. The standard InChI is InChI=1S/C42H63NO10/c1-21-12-27-6-8-31-22(2)13-29(46-31)10-11-42-20-41(5)37(51-42)18-36-39(52-41)40(53-42)38-32(49-36)9-7-28(48-38)14-25(44)15-30-24(4)33(16-26(45)19-43)50-35(30)17-34(47-27)23(21)3/h21,24,26-40,45H,2-3,6-20,43H2,1,4-5H3/t21-,24-,26?,27+,28?,29+,30-,31+,32+,33?,34?,35+,36+,37?,38+,39-,40+,41-,42+/m1/s1. The van der Waals surface area contributed by atoms with Gasteiger partial charge in [-0.25, -0.2) is 0 Å². The molecular weight excluding hydrogens is 678 g/mol. The molecule has 9 rings (SSSR count). The molecule has 0 aromatic heterocycles. The molecule has 53 heavy (non-hydrogen) atoms. The van der Waals surface area contributed by atoms with E-state index in [0.717, 1.165) is 62.5 Å². The van der Waals surface area contributed by atoms with E-state index in [1.54, 1.807) is 0 Å². The van der Waals surface area contributed by atoms with Crippen molar-refractivity contribution in [2.75, 3.05) is 6.54 Å². The summed E-state index contributed by atoms with van der Waals surface area (Å²) in [5, 5.41) is 10.5. The number of Topliss-reactive ketones (excluding diaryl/α,β-unsaturated/α-hetero) is 1. The zero-order chi connectivity index (χ0) is 36.8. The summed E-state index contributed by atoms with van der Waals surface area (Å²) in [6, 6.07) is 0. The highest BCUT2D eigenvalue weighted by Crippen LogP contribution is 2.56. The van der Waals surface area contributed by atoms with Crippen LogP contribution in [0, 0.1) is 17.8 Å². The average molecular weight is 742 g/mol. The van der Waals surface area contributed by atoms with Crippen molar-refractivity contribution in [2.24, 2.45) is 23.5 Å². The number of carbonyl (C=O) groups excluding carboxylic acids is 1. The molecule has 0 aliphatic carbocycles. The summed E-state index contributed by atoms with van der Waals surface area (Å²) in [5.41, 5.74) is 7.62. The number of carbonyl (C=O) groups is 1. The summed E-state index contributed by atoms with van der Waals surface area (Å²) in [6.07, 6.45) is 7.26. The van der Waals surface area contributed by atoms with E-state index in [9.17, 15) is 9.90 Å². The van der Waals surface area contributed by atoms with E-state index in [4.69, 9.17) is 43.6 Å². The topological polar surface area (TPSA) is 137 Å². The average Bonchev–Trinajstić information content (AvgIpc) is 3.69. The van der Waals surface area contributed by atoms with Crippen molar-refractivity contribution in [3.05, 3.63) is 24.3 Å². The van der Waals surface area contributed by atoms with Gasteiger partial charge in [0.2, 0.25) is 0 Å². The molecular formula is C42H63NO10. The second-order valence-electron chi connectivity index (χ2n) is 18.6. The smallest absolute Gasteiger partial charge is 0.172 e. The lowest BCUT2D eigenvalue weighted by Gasteiger charge is -2.55. The number of ketones is 1. The second-order valence-corrected chi connectivity index (χ2v) is 18.6. The number of hydrogen-bond acceptors (Lipinski definition) is 11. The van der Waals surface area contributed by atoms with E-state index >= 15 is 0 Å². The van der Waals surface area contributed by atoms with Gasteiger partial charge in [-0.3, -0.25) is 4.79 Å². The first-order valence-electron chi connectivity index (χ1n) is 21.0. The zero-order valence-electron chi connectivity index (χ0n) is 32.0. The van der Waals surface area contributed by atoms with E-state index in [1.807, 2.05) is 0 Å². The van der Waals surface area contributed by atoms with Gasteiger partial charge in [-0.05, 0) is 80.8 Å². The van der Waals surface area contributed by atoms with E-state index in [-0.39, 0.29) is 104 Å². The minimum atomic E-state index is -0.789. The van der Waals surface area contributed by atoms with Gasteiger partial charge in [0.25, 0.3) is 0 Å². The van der Waals surface area contributed by atoms with Gasteiger partial charge in [0.05, 0.1) is 72.7 Å². The molecule has 11 heteroatoms. The van der Waals surface area contributed by atoms with E-state index < -0.39 is 17.5 Å². The van der Waals surface area contributed by atoms with Crippen molar-refractivity contribution in [1.29, 1.82) is 0 Å². The molecule has 0 saturated carbocycles. The molecule has 3 N–H and O–H groups in total. The van der Waals surface area contributed by atoms with E-state index in [1.165, 1.54) is 0 Å². The molecule has 10 bridgehead atoms. The van der Waals surface area contributed by atoms with Crippen LogP contribution >= 0.6 is 0 Å². The van der Waals surface area contributed by atoms with Gasteiger partial charge in [-0.15, -0.1) is 0 Å². The van der Waals surface area contributed by atoms with Gasteiger partial charge >= 0.3 is 0 Å². The number of hydrogen-bond donors (Lipinski definition) is 2. The molecule has 296 valence electrons. The Kier molecular flexibility index (Phi) is 10.1. The van der Waals surface area contributed by atoms with Crippen LogP contribution in [0.15, 0.2) is 24.3 Å². The summed E-state index contributed by atoms with van der Waals surface area (Å²) in [5.74, 6) is -0.261. The fourth-order valence-electron chi connectivity index (χ4n) is 11.8. The van der Waals surface area contributed by atoms with Crippen molar-refractivity contribution in [3.8, 4) is 0 Å². The van der Waals surface area contributed by atoms with Crippen molar-refractivity contribution < 1.29 is 47.8 Å². The van der Waals surface area contributed by atoms with Gasteiger partial charge in [-0.2, -0.15) is 0 Å². The largest absolute Gasteiger partial charge is 0.392 e. The minimum absolute atomic E-state index is 0.00396. The van der Waals surface area contributed by atoms with Gasteiger partial charge < -0.3 is 48.7 Å². The Labute approximate surface area is 314 Å². The van der Waals surface area contributed by atoms with Gasteiger partial charge in [-0.1, -0.05) is 27.0 Å². The zero-order valence-corrected chi connectivity index (χ0v) is 32.0. The van der Waals surface area contributed by atoms with Crippen molar-refractivity contribution in [1.82, 2.24) is 0 Å². The molecule has 9 saturated heterocycles. The summed E-state index contributed by atoms with van der Waals surface area (Å²) < 4.78 is 54.8. The molecule has 11 nitrogen and oxygen atoms in total. The number of nitrogens with two attached hydrogens (primary N) is 1. The first-order chi connectivity index (χ1) is 25.4. The third-order valence-corrected chi connectivity index (χ3v) is 14.9. The van der Waals surface area contributed by atoms with Crippen LogP contribution in [0.5, 0.6) is 0 Å². The van der Waals surface area contributed by atoms with Gasteiger partial charge in [0, 0.05) is 51.5 Å².